The van der Waals surface area contributed by atoms with Gasteiger partial charge in [0.2, 0.25) is 0 Å². The van der Waals surface area contributed by atoms with Crippen LogP contribution in [0.15, 0.2) is 231 Å². The highest BCUT2D eigenvalue weighted by Crippen LogP contribution is 2.32. The summed E-state index contributed by atoms with van der Waals surface area (Å²) in [6.07, 6.45) is 2.52. The average Bonchev–Trinajstić information content (AvgIpc) is 3.59. The molecule has 0 aromatic heterocycles. The van der Waals surface area contributed by atoms with E-state index in [2.05, 4.69) is 198 Å². The summed E-state index contributed by atoms with van der Waals surface area (Å²) in [4.78, 5) is 28.0. The molecule has 8 heteroatoms. The Bertz CT molecular complexity index is 2910. The van der Waals surface area contributed by atoms with Crippen LogP contribution in [-0.2, 0) is 43.1 Å². The summed E-state index contributed by atoms with van der Waals surface area (Å²) in [5.41, 5.74) is 11.3. The maximum atomic E-state index is 14.0. The van der Waals surface area contributed by atoms with Gasteiger partial charge in [-0.1, -0.05) is 236 Å². The first-order chi connectivity index (χ1) is 39.6. The summed E-state index contributed by atoms with van der Waals surface area (Å²) in [5, 5.41) is 7.37. The maximum Gasteiger partial charge on any atom is 0.331 e. The summed E-state index contributed by atoms with van der Waals surface area (Å²) in [5.74, 6) is 0.361. The Labute approximate surface area is 488 Å². The van der Waals surface area contributed by atoms with Crippen molar-refractivity contribution in [1.82, 2.24) is 10.6 Å². The van der Waals surface area contributed by atoms with Gasteiger partial charge in [-0.25, -0.2) is 9.59 Å². The van der Waals surface area contributed by atoms with Crippen molar-refractivity contribution in [3.05, 3.63) is 286 Å². The van der Waals surface area contributed by atoms with Crippen molar-refractivity contribution in [3.63, 3.8) is 0 Å². The van der Waals surface area contributed by atoms with Crippen LogP contribution in [0, 0.1) is 0 Å². The van der Waals surface area contributed by atoms with Gasteiger partial charge in [-0.3, -0.25) is 0 Å². The van der Waals surface area contributed by atoms with Crippen molar-refractivity contribution in [2.75, 3.05) is 13.1 Å². The van der Waals surface area contributed by atoms with Crippen molar-refractivity contribution >= 4 is 11.9 Å². The highest BCUT2D eigenvalue weighted by Gasteiger charge is 2.27. The number of benzene rings is 8. The van der Waals surface area contributed by atoms with E-state index in [1.54, 1.807) is 0 Å². The molecule has 0 saturated heterocycles. The fraction of sp³-hybridized carbons (Fsp3) is 0.297. The van der Waals surface area contributed by atoms with Crippen LogP contribution in [0.25, 0.3) is 0 Å². The summed E-state index contributed by atoms with van der Waals surface area (Å²) >= 11 is 0. The minimum Gasteiger partial charge on any atom is -0.489 e. The van der Waals surface area contributed by atoms with Gasteiger partial charge >= 0.3 is 11.9 Å². The molecule has 8 aromatic carbocycles. The number of ether oxygens (including phenoxy) is 4. The molecule has 0 bridgehead atoms. The average molecular weight is 1100 g/mol. The van der Waals surface area contributed by atoms with Gasteiger partial charge in [-0.2, -0.15) is 0 Å². The molecule has 0 aliphatic carbocycles. The molecule has 8 rings (SSSR count). The highest BCUT2D eigenvalue weighted by atomic mass is 16.6. The highest BCUT2D eigenvalue weighted by molar-refractivity contribution is 5.92. The van der Waals surface area contributed by atoms with Crippen LogP contribution in [0.4, 0.5) is 0 Å². The molecule has 4 unspecified atom stereocenters. The van der Waals surface area contributed by atoms with Crippen LogP contribution >= 0.6 is 0 Å². The minimum absolute atomic E-state index is 0.0631. The van der Waals surface area contributed by atoms with E-state index in [9.17, 15) is 9.59 Å². The second-order valence-electron chi connectivity index (χ2n) is 23.5. The first kappa shape index (κ1) is 60.1. The molecule has 2 N–H and O–H groups in total. The monoisotopic (exact) mass is 1090 g/mol. The van der Waals surface area contributed by atoms with Gasteiger partial charge in [0.25, 0.3) is 0 Å². The van der Waals surface area contributed by atoms with Crippen molar-refractivity contribution in [2.24, 2.45) is 0 Å². The van der Waals surface area contributed by atoms with E-state index in [0.717, 1.165) is 47.2 Å². The van der Waals surface area contributed by atoms with Gasteiger partial charge < -0.3 is 29.6 Å². The molecular weight excluding hydrogens is 1010 g/mol. The van der Waals surface area contributed by atoms with Crippen molar-refractivity contribution in [3.8, 4) is 11.5 Å². The quantitative estimate of drug-likeness (QED) is 0.0409. The second-order valence-corrected chi connectivity index (χ2v) is 23.5. The molecule has 0 spiro atoms. The van der Waals surface area contributed by atoms with E-state index >= 15 is 0 Å². The number of hydrogen-bond acceptors (Lipinski definition) is 8. The lowest BCUT2D eigenvalue weighted by Gasteiger charge is -2.27. The zero-order valence-corrected chi connectivity index (χ0v) is 49.1. The minimum atomic E-state index is -0.713. The van der Waals surface area contributed by atoms with E-state index in [4.69, 9.17) is 18.9 Å². The number of carbonyl (C=O) groups excluding carboxylic acids is 2. The molecule has 82 heavy (non-hydrogen) atoms. The fourth-order valence-electron chi connectivity index (χ4n) is 10.3. The van der Waals surface area contributed by atoms with E-state index in [0.29, 0.717) is 37.8 Å². The Balaban J connectivity index is 0.969. The molecular formula is C74H82N2O6. The van der Waals surface area contributed by atoms with Crippen molar-refractivity contribution in [1.29, 1.82) is 0 Å². The number of esters is 2. The van der Waals surface area contributed by atoms with Crippen LogP contribution in [0.2, 0.25) is 0 Å². The van der Waals surface area contributed by atoms with E-state index < -0.39 is 24.1 Å². The molecule has 0 aliphatic rings. The van der Waals surface area contributed by atoms with Crippen LogP contribution in [0.5, 0.6) is 11.5 Å². The Morgan fingerprint density at radius 2 is 0.683 bits per heavy atom. The maximum absolute atomic E-state index is 14.0. The molecule has 0 amide bonds. The zero-order valence-electron chi connectivity index (χ0n) is 49.1. The van der Waals surface area contributed by atoms with Gasteiger partial charge in [-0.05, 0) is 131 Å². The molecule has 424 valence electrons. The number of hydrogen-bond donors (Lipinski definition) is 2. The Morgan fingerprint density at radius 1 is 0.390 bits per heavy atom. The van der Waals surface area contributed by atoms with E-state index in [1.165, 1.54) is 33.4 Å². The van der Waals surface area contributed by atoms with Crippen LogP contribution < -0.4 is 20.1 Å². The third-order valence-corrected chi connectivity index (χ3v) is 15.2. The second kappa shape index (κ2) is 29.1. The van der Waals surface area contributed by atoms with Gasteiger partial charge in [0.05, 0.1) is 0 Å². The summed E-state index contributed by atoms with van der Waals surface area (Å²) in [6, 6.07) is 73.9. The topological polar surface area (TPSA) is 95.1 Å². The molecule has 0 heterocycles. The standard InChI is InChI=1S/C74H82N2O6/c1-53(75-49-47-67(57-21-13-9-14-22-57)58-23-15-10-16-24-58)71(61-33-41-65(42-34-61)79-51-55-29-37-63(38-30-55)73(3,4)5)81-69(77)45-46-70(78)82-72(54(2)76-50-48-68(59-25-17-11-18-26-59)60-27-19-12-20-28-60)62-35-43-66(44-36-62)80-52-56-31-39-64(40-32-56)74(6,7)8/h9-46,53-54,67-68,71-72,75-76H,47-52H2,1-8H3/b46-45-. The summed E-state index contributed by atoms with van der Waals surface area (Å²) in [7, 11) is 0. The first-order valence-electron chi connectivity index (χ1n) is 29.0. The summed E-state index contributed by atoms with van der Waals surface area (Å²) in [6.45, 7) is 19.4. The normalized spacial score (nSPS) is 13.3. The molecule has 4 atom stereocenters. The third kappa shape index (κ3) is 17.7. The molecule has 8 nitrogen and oxygen atoms in total. The third-order valence-electron chi connectivity index (χ3n) is 15.2. The molecule has 0 fully saturated rings. The Kier molecular flexibility index (Phi) is 21.3. The van der Waals surface area contributed by atoms with Crippen LogP contribution in [0.3, 0.4) is 0 Å². The van der Waals surface area contributed by atoms with Crippen LogP contribution in [-0.4, -0.2) is 37.1 Å². The number of carbonyl (C=O) groups is 2. The van der Waals surface area contributed by atoms with Gasteiger partial charge in [-0.15, -0.1) is 0 Å². The number of nitrogens with one attached hydrogen (secondary N) is 2. The zero-order chi connectivity index (χ0) is 57.9. The lowest BCUT2D eigenvalue weighted by molar-refractivity contribution is -0.147. The SMILES string of the molecule is CC(NCCC(c1ccccc1)c1ccccc1)C(OC(=O)/C=C\C(=O)OC(c1ccc(OCc2ccc(C(C)(C)C)cc2)cc1)C(C)NCCC(c1ccccc1)c1ccccc1)c1ccc(OCc2ccc(C(C)(C)C)cc2)cc1. The van der Waals surface area contributed by atoms with Crippen molar-refractivity contribution in [2.45, 2.75) is 128 Å². The first-order valence-corrected chi connectivity index (χ1v) is 29.0. The predicted octanol–water partition coefficient (Wildman–Crippen LogP) is 16.3. The number of rotatable bonds is 26. The summed E-state index contributed by atoms with van der Waals surface area (Å²) < 4.78 is 25.1. The lowest BCUT2D eigenvalue weighted by atomic mass is 9.87. The van der Waals surface area contributed by atoms with E-state index in [1.807, 2.05) is 86.6 Å². The Hall–Kier alpha value is -8.04. The Morgan fingerprint density at radius 3 is 0.963 bits per heavy atom. The van der Waals surface area contributed by atoms with Gasteiger partial charge in [0.15, 0.2) is 0 Å². The molecule has 0 radical (unpaired) electrons. The van der Waals surface area contributed by atoms with Gasteiger partial charge in [0, 0.05) is 36.1 Å². The van der Waals surface area contributed by atoms with Crippen LogP contribution in [0.1, 0.15) is 148 Å². The molecule has 0 aliphatic heterocycles. The fourth-order valence-corrected chi connectivity index (χ4v) is 10.3. The molecule has 0 saturated carbocycles. The molecule has 8 aromatic rings. The smallest absolute Gasteiger partial charge is 0.331 e. The van der Waals surface area contributed by atoms with E-state index in [-0.39, 0.29) is 34.7 Å². The largest absolute Gasteiger partial charge is 0.489 e. The lowest BCUT2D eigenvalue weighted by Crippen LogP contribution is -2.36. The predicted molar refractivity (Wildman–Crippen MR) is 332 cm³/mol. The van der Waals surface area contributed by atoms with Crippen molar-refractivity contribution < 1.29 is 28.5 Å². The van der Waals surface area contributed by atoms with Gasteiger partial charge in [0.1, 0.15) is 36.9 Å².